The van der Waals surface area contributed by atoms with Crippen LogP contribution in [0.5, 0.6) is 0 Å². The summed E-state index contributed by atoms with van der Waals surface area (Å²) >= 11 is 0. The zero-order valence-corrected chi connectivity index (χ0v) is 12.4. The SMILES string of the molecule is CCCC1NC(=O)C(C)N(C(C)C(C)(C)C)C1=O. The first-order chi connectivity index (χ1) is 8.20. The quantitative estimate of drug-likeness (QED) is 0.836. The van der Waals surface area contributed by atoms with Gasteiger partial charge in [-0.3, -0.25) is 9.59 Å². The van der Waals surface area contributed by atoms with E-state index in [1.54, 1.807) is 11.8 Å². The van der Waals surface area contributed by atoms with E-state index in [2.05, 4.69) is 26.1 Å². The normalized spacial score (nSPS) is 27.1. The van der Waals surface area contributed by atoms with Gasteiger partial charge in [0.25, 0.3) is 0 Å². The fourth-order valence-electron chi connectivity index (χ4n) is 2.28. The van der Waals surface area contributed by atoms with E-state index < -0.39 is 0 Å². The van der Waals surface area contributed by atoms with E-state index in [4.69, 9.17) is 0 Å². The predicted molar refractivity (Wildman–Crippen MR) is 72.1 cm³/mol. The van der Waals surface area contributed by atoms with Gasteiger partial charge in [0, 0.05) is 6.04 Å². The molecule has 2 amide bonds. The molecular formula is C14H26N2O2. The maximum absolute atomic E-state index is 12.5. The molecule has 0 spiro atoms. The van der Waals surface area contributed by atoms with Gasteiger partial charge in [0.15, 0.2) is 0 Å². The first-order valence-electron chi connectivity index (χ1n) is 6.82. The minimum atomic E-state index is -0.375. The van der Waals surface area contributed by atoms with Gasteiger partial charge in [-0.1, -0.05) is 34.1 Å². The number of carbonyl (C=O) groups excluding carboxylic acids is 2. The highest BCUT2D eigenvalue weighted by Crippen LogP contribution is 2.28. The summed E-state index contributed by atoms with van der Waals surface area (Å²) in [6.07, 6.45) is 1.60. The molecule has 104 valence electrons. The average Bonchev–Trinajstić information content (AvgIpc) is 2.25. The molecule has 3 atom stereocenters. The zero-order chi connectivity index (χ0) is 14.1. The molecule has 0 bridgehead atoms. The summed E-state index contributed by atoms with van der Waals surface area (Å²) in [6.45, 7) is 12.1. The van der Waals surface area contributed by atoms with Crippen molar-refractivity contribution in [2.24, 2.45) is 5.41 Å². The molecule has 1 rings (SSSR count). The summed E-state index contributed by atoms with van der Waals surface area (Å²) in [7, 11) is 0. The standard InChI is InChI=1S/C14H26N2O2/c1-7-8-11-13(18)16(9(2)12(17)15-11)10(3)14(4,5)6/h9-11H,7-8H2,1-6H3,(H,15,17). The minimum absolute atomic E-state index is 0.0295. The van der Waals surface area contributed by atoms with Crippen molar-refractivity contribution in [1.29, 1.82) is 0 Å². The van der Waals surface area contributed by atoms with E-state index in [0.717, 1.165) is 6.42 Å². The Morgan fingerprint density at radius 1 is 1.33 bits per heavy atom. The summed E-state index contributed by atoms with van der Waals surface area (Å²) in [5, 5.41) is 2.82. The number of nitrogens with zero attached hydrogens (tertiary/aromatic N) is 1. The molecule has 0 aromatic heterocycles. The van der Waals surface area contributed by atoms with Crippen LogP contribution in [-0.2, 0) is 9.59 Å². The van der Waals surface area contributed by atoms with Crippen LogP contribution >= 0.6 is 0 Å². The number of hydrogen-bond donors (Lipinski definition) is 1. The van der Waals surface area contributed by atoms with E-state index in [-0.39, 0.29) is 35.4 Å². The summed E-state index contributed by atoms with van der Waals surface area (Å²) in [6, 6.07) is -0.672. The number of hydrogen-bond acceptors (Lipinski definition) is 2. The minimum Gasteiger partial charge on any atom is -0.343 e. The molecule has 3 unspecified atom stereocenters. The summed E-state index contributed by atoms with van der Waals surface area (Å²) in [5.41, 5.74) is -0.0295. The fraction of sp³-hybridized carbons (Fsp3) is 0.857. The van der Waals surface area contributed by atoms with Crippen LogP contribution in [0.1, 0.15) is 54.4 Å². The van der Waals surface area contributed by atoms with Crippen LogP contribution in [0, 0.1) is 5.41 Å². The van der Waals surface area contributed by atoms with Gasteiger partial charge in [0.05, 0.1) is 0 Å². The molecule has 1 fully saturated rings. The molecule has 1 aliphatic rings. The Morgan fingerprint density at radius 2 is 1.89 bits per heavy atom. The molecule has 0 aliphatic carbocycles. The molecule has 4 heteroatoms. The van der Waals surface area contributed by atoms with Gasteiger partial charge in [0.1, 0.15) is 12.1 Å². The van der Waals surface area contributed by atoms with Crippen molar-refractivity contribution in [1.82, 2.24) is 10.2 Å². The van der Waals surface area contributed by atoms with Crippen LogP contribution in [0.4, 0.5) is 0 Å². The lowest BCUT2D eigenvalue weighted by Gasteiger charge is -2.45. The van der Waals surface area contributed by atoms with E-state index >= 15 is 0 Å². The van der Waals surface area contributed by atoms with Crippen LogP contribution in [0.15, 0.2) is 0 Å². The van der Waals surface area contributed by atoms with Gasteiger partial charge >= 0.3 is 0 Å². The lowest BCUT2D eigenvalue weighted by molar-refractivity contribution is -0.153. The number of nitrogens with one attached hydrogen (secondary N) is 1. The predicted octanol–water partition coefficient (Wildman–Crippen LogP) is 1.94. The van der Waals surface area contributed by atoms with Crippen molar-refractivity contribution in [2.45, 2.75) is 72.5 Å². The monoisotopic (exact) mass is 254 g/mol. The molecular weight excluding hydrogens is 228 g/mol. The molecule has 0 aromatic rings. The third kappa shape index (κ3) is 2.85. The molecule has 0 saturated carbocycles. The van der Waals surface area contributed by atoms with Gasteiger partial charge in [-0.2, -0.15) is 0 Å². The van der Waals surface area contributed by atoms with Crippen molar-refractivity contribution >= 4 is 11.8 Å². The molecule has 1 aliphatic heterocycles. The van der Waals surface area contributed by atoms with Gasteiger partial charge in [0.2, 0.25) is 11.8 Å². The van der Waals surface area contributed by atoms with E-state index in [1.807, 2.05) is 13.8 Å². The Hall–Kier alpha value is -1.06. The average molecular weight is 254 g/mol. The molecule has 4 nitrogen and oxygen atoms in total. The largest absolute Gasteiger partial charge is 0.343 e. The van der Waals surface area contributed by atoms with Crippen LogP contribution in [0.25, 0.3) is 0 Å². The van der Waals surface area contributed by atoms with Crippen molar-refractivity contribution < 1.29 is 9.59 Å². The van der Waals surface area contributed by atoms with Crippen molar-refractivity contribution in [2.75, 3.05) is 0 Å². The lowest BCUT2D eigenvalue weighted by atomic mass is 9.85. The Balaban J connectivity index is 2.98. The van der Waals surface area contributed by atoms with Gasteiger partial charge < -0.3 is 10.2 Å². The van der Waals surface area contributed by atoms with E-state index in [9.17, 15) is 9.59 Å². The molecule has 1 N–H and O–H groups in total. The maximum Gasteiger partial charge on any atom is 0.246 e. The Labute approximate surface area is 110 Å². The van der Waals surface area contributed by atoms with Gasteiger partial charge in [-0.25, -0.2) is 0 Å². The van der Waals surface area contributed by atoms with Gasteiger partial charge in [-0.05, 0) is 25.7 Å². The highest BCUT2D eigenvalue weighted by Gasteiger charge is 2.42. The van der Waals surface area contributed by atoms with Crippen LogP contribution < -0.4 is 5.32 Å². The highest BCUT2D eigenvalue weighted by molar-refractivity contribution is 5.96. The van der Waals surface area contributed by atoms with E-state index in [1.165, 1.54) is 0 Å². The number of piperazine rings is 1. The van der Waals surface area contributed by atoms with Crippen LogP contribution in [-0.4, -0.2) is 34.8 Å². The van der Waals surface area contributed by atoms with Crippen molar-refractivity contribution in [3.63, 3.8) is 0 Å². The second kappa shape index (κ2) is 5.29. The third-order valence-electron chi connectivity index (χ3n) is 3.91. The number of amides is 2. The molecule has 1 saturated heterocycles. The highest BCUT2D eigenvalue weighted by atomic mass is 16.2. The fourth-order valence-corrected chi connectivity index (χ4v) is 2.28. The number of rotatable bonds is 3. The number of carbonyl (C=O) groups is 2. The smallest absolute Gasteiger partial charge is 0.246 e. The van der Waals surface area contributed by atoms with Crippen LogP contribution in [0.3, 0.4) is 0 Å². The maximum atomic E-state index is 12.5. The topological polar surface area (TPSA) is 49.4 Å². The summed E-state index contributed by atoms with van der Waals surface area (Å²) in [4.78, 5) is 26.2. The first-order valence-corrected chi connectivity index (χ1v) is 6.82. The first kappa shape index (κ1) is 15.0. The molecule has 1 heterocycles. The summed E-state index contributed by atoms with van der Waals surface area (Å²) < 4.78 is 0. The second-order valence-electron chi connectivity index (χ2n) is 6.31. The van der Waals surface area contributed by atoms with Gasteiger partial charge in [-0.15, -0.1) is 0 Å². The van der Waals surface area contributed by atoms with Crippen molar-refractivity contribution in [3.8, 4) is 0 Å². The van der Waals surface area contributed by atoms with Crippen molar-refractivity contribution in [3.05, 3.63) is 0 Å². The van der Waals surface area contributed by atoms with E-state index in [0.29, 0.717) is 6.42 Å². The molecule has 0 aromatic carbocycles. The lowest BCUT2D eigenvalue weighted by Crippen LogP contribution is -2.66. The van der Waals surface area contributed by atoms with Crippen LogP contribution in [0.2, 0.25) is 0 Å². The third-order valence-corrected chi connectivity index (χ3v) is 3.91. The Morgan fingerprint density at radius 3 is 2.33 bits per heavy atom. The Kier molecular flexibility index (Phi) is 4.41. The zero-order valence-electron chi connectivity index (χ0n) is 12.4. The second-order valence-corrected chi connectivity index (χ2v) is 6.31. The molecule has 18 heavy (non-hydrogen) atoms. The Bertz CT molecular complexity index is 333. The summed E-state index contributed by atoms with van der Waals surface area (Å²) in [5.74, 6) is 0.0236. The molecule has 0 radical (unpaired) electrons.